The number of hydrogen-bond donors (Lipinski definition) is 1. The van der Waals surface area contributed by atoms with Crippen molar-refractivity contribution >= 4 is 11.8 Å². The Kier molecular flexibility index (Phi) is 5.16. The van der Waals surface area contributed by atoms with Gasteiger partial charge in [0.1, 0.15) is 11.5 Å². The molecule has 0 spiro atoms. The second-order valence-corrected chi connectivity index (χ2v) is 5.09. The van der Waals surface area contributed by atoms with Crippen LogP contribution in [0.25, 0.3) is 0 Å². The zero-order valence-electron chi connectivity index (χ0n) is 10.8. The molecule has 100 valence electrons. The quantitative estimate of drug-likeness (QED) is 0.825. The van der Waals surface area contributed by atoms with E-state index in [0.29, 0.717) is 0 Å². The van der Waals surface area contributed by atoms with Gasteiger partial charge < -0.3 is 19.5 Å². The third-order valence-electron chi connectivity index (χ3n) is 2.80. The Morgan fingerprint density at radius 2 is 2.28 bits per heavy atom. The molecule has 0 amide bonds. The Morgan fingerprint density at radius 3 is 2.94 bits per heavy atom. The van der Waals surface area contributed by atoms with Gasteiger partial charge in [-0.25, -0.2) is 0 Å². The van der Waals surface area contributed by atoms with Crippen molar-refractivity contribution < 1.29 is 14.2 Å². The van der Waals surface area contributed by atoms with Crippen molar-refractivity contribution in [2.24, 2.45) is 0 Å². The van der Waals surface area contributed by atoms with E-state index < -0.39 is 0 Å². The van der Waals surface area contributed by atoms with Crippen LogP contribution >= 0.6 is 11.8 Å². The lowest BCUT2D eigenvalue weighted by atomic mass is 10.3. The maximum atomic E-state index is 5.67. The maximum Gasteiger partial charge on any atom is 0.136 e. The minimum Gasteiger partial charge on any atom is -0.497 e. The van der Waals surface area contributed by atoms with Crippen LogP contribution in [0.2, 0.25) is 0 Å². The SMILES string of the molecule is COc1ccc(SCC2CNCCO2)c(OC)c1. The summed E-state index contributed by atoms with van der Waals surface area (Å²) in [6.45, 7) is 2.67. The van der Waals surface area contributed by atoms with Crippen LogP contribution in [0, 0.1) is 0 Å². The number of hydrogen-bond acceptors (Lipinski definition) is 5. The van der Waals surface area contributed by atoms with Crippen molar-refractivity contribution in [2.75, 3.05) is 39.7 Å². The molecule has 1 N–H and O–H groups in total. The number of benzene rings is 1. The van der Waals surface area contributed by atoms with Crippen LogP contribution in [0.5, 0.6) is 11.5 Å². The normalized spacial score (nSPS) is 19.6. The zero-order chi connectivity index (χ0) is 12.8. The van der Waals surface area contributed by atoms with Gasteiger partial charge in [0.2, 0.25) is 0 Å². The fraction of sp³-hybridized carbons (Fsp3) is 0.538. The van der Waals surface area contributed by atoms with E-state index in [-0.39, 0.29) is 6.10 Å². The maximum absolute atomic E-state index is 5.67. The van der Waals surface area contributed by atoms with Crippen molar-refractivity contribution in [2.45, 2.75) is 11.0 Å². The third kappa shape index (κ3) is 3.54. The molecule has 1 aliphatic heterocycles. The highest BCUT2D eigenvalue weighted by Gasteiger charge is 2.15. The van der Waals surface area contributed by atoms with Gasteiger partial charge in [-0.2, -0.15) is 0 Å². The summed E-state index contributed by atoms with van der Waals surface area (Å²) in [7, 11) is 3.33. The van der Waals surface area contributed by atoms with Crippen LogP contribution in [0.1, 0.15) is 0 Å². The van der Waals surface area contributed by atoms with Gasteiger partial charge in [-0.3, -0.25) is 0 Å². The highest BCUT2D eigenvalue weighted by Crippen LogP contribution is 2.33. The van der Waals surface area contributed by atoms with Crippen molar-refractivity contribution in [1.82, 2.24) is 5.32 Å². The van der Waals surface area contributed by atoms with E-state index in [1.807, 2.05) is 18.2 Å². The average molecular weight is 269 g/mol. The predicted molar refractivity (Wildman–Crippen MR) is 72.9 cm³/mol. The fourth-order valence-corrected chi connectivity index (χ4v) is 2.83. The molecule has 1 heterocycles. The second kappa shape index (κ2) is 6.87. The Hall–Kier alpha value is -0.910. The monoisotopic (exact) mass is 269 g/mol. The van der Waals surface area contributed by atoms with Gasteiger partial charge >= 0.3 is 0 Å². The van der Waals surface area contributed by atoms with Crippen molar-refractivity contribution in [3.05, 3.63) is 18.2 Å². The molecular weight excluding hydrogens is 250 g/mol. The van der Waals surface area contributed by atoms with Crippen LogP contribution in [0.3, 0.4) is 0 Å². The first kappa shape index (κ1) is 13.5. The first-order valence-electron chi connectivity index (χ1n) is 6.00. The minimum atomic E-state index is 0.274. The summed E-state index contributed by atoms with van der Waals surface area (Å²) in [6, 6.07) is 5.88. The highest BCUT2D eigenvalue weighted by atomic mass is 32.2. The van der Waals surface area contributed by atoms with Gasteiger partial charge in [-0.15, -0.1) is 11.8 Å². The number of morpholine rings is 1. The van der Waals surface area contributed by atoms with E-state index in [2.05, 4.69) is 5.32 Å². The molecule has 1 atom stereocenters. The smallest absolute Gasteiger partial charge is 0.136 e. The topological polar surface area (TPSA) is 39.7 Å². The number of nitrogens with one attached hydrogen (secondary N) is 1. The summed E-state index contributed by atoms with van der Waals surface area (Å²) >= 11 is 1.75. The lowest BCUT2D eigenvalue weighted by molar-refractivity contribution is 0.0441. The van der Waals surface area contributed by atoms with E-state index in [4.69, 9.17) is 14.2 Å². The summed E-state index contributed by atoms with van der Waals surface area (Å²) in [5.74, 6) is 2.59. The molecule has 1 aromatic carbocycles. The van der Waals surface area contributed by atoms with Gasteiger partial charge in [-0.1, -0.05) is 0 Å². The molecular formula is C13H19NO3S. The van der Waals surface area contributed by atoms with Crippen LogP contribution in [-0.4, -0.2) is 45.8 Å². The molecule has 1 unspecified atom stereocenters. The third-order valence-corrected chi connectivity index (χ3v) is 3.99. The van der Waals surface area contributed by atoms with E-state index in [1.165, 1.54) is 0 Å². The molecule has 18 heavy (non-hydrogen) atoms. The molecule has 1 saturated heterocycles. The summed E-state index contributed by atoms with van der Waals surface area (Å²) in [5, 5.41) is 3.33. The molecule has 0 bridgehead atoms. The largest absolute Gasteiger partial charge is 0.497 e. The predicted octanol–water partition coefficient (Wildman–Crippen LogP) is 1.78. The van der Waals surface area contributed by atoms with Gasteiger partial charge in [0, 0.05) is 29.8 Å². The Bertz CT molecular complexity index is 380. The zero-order valence-corrected chi connectivity index (χ0v) is 11.6. The van der Waals surface area contributed by atoms with Crippen LogP contribution in [0.15, 0.2) is 23.1 Å². The number of thioether (sulfide) groups is 1. The highest BCUT2D eigenvalue weighted by molar-refractivity contribution is 7.99. The fourth-order valence-electron chi connectivity index (χ4n) is 1.80. The van der Waals surface area contributed by atoms with E-state index in [9.17, 15) is 0 Å². The van der Waals surface area contributed by atoms with Gasteiger partial charge in [-0.05, 0) is 12.1 Å². The number of methoxy groups -OCH3 is 2. The molecule has 2 rings (SSSR count). The molecule has 1 aromatic rings. The summed E-state index contributed by atoms with van der Waals surface area (Å²) in [5.41, 5.74) is 0. The first-order valence-corrected chi connectivity index (χ1v) is 6.99. The van der Waals surface area contributed by atoms with Crippen LogP contribution < -0.4 is 14.8 Å². The molecule has 0 radical (unpaired) electrons. The number of ether oxygens (including phenoxy) is 3. The Morgan fingerprint density at radius 1 is 1.39 bits per heavy atom. The van der Waals surface area contributed by atoms with Crippen LogP contribution in [0.4, 0.5) is 0 Å². The lowest BCUT2D eigenvalue weighted by Crippen LogP contribution is -2.39. The second-order valence-electron chi connectivity index (χ2n) is 4.02. The average Bonchev–Trinajstić information content (AvgIpc) is 2.46. The molecule has 4 nitrogen and oxygen atoms in total. The number of rotatable bonds is 5. The summed E-state index contributed by atoms with van der Waals surface area (Å²) in [6.07, 6.45) is 0.274. The van der Waals surface area contributed by atoms with Crippen LogP contribution in [-0.2, 0) is 4.74 Å². The van der Waals surface area contributed by atoms with E-state index in [1.54, 1.807) is 26.0 Å². The van der Waals surface area contributed by atoms with E-state index >= 15 is 0 Å². The summed E-state index contributed by atoms with van der Waals surface area (Å²) < 4.78 is 16.2. The van der Waals surface area contributed by atoms with Gasteiger partial charge in [0.05, 0.1) is 26.9 Å². The molecule has 5 heteroatoms. The van der Waals surface area contributed by atoms with E-state index in [0.717, 1.165) is 41.8 Å². The Balaban J connectivity index is 1.95. The minimum absolute atomic E-state index is 0.274. The molecule has 0 aromatic heterocycles. The van der Waals surface area contributed by atoms with Gasteiger partial charge in [0.25, 0.3) is 0 Å². The molecule has 1 aliphatic rings. The molecule has 1 fully saturated rings. The van der Waals surface area contributed by atoms with Gasteiger partial charge in [0.15, 0.2) is 0 Å². The van der Waals surface area contributed by atoms with Crippen molar-refractivity contribution in [1.29, 1.82) is 0 Å². The standard InChI is InChI=1S/C13H19NO3S/c1-15-10-3-4-13(12(7-10)16-2)18-9-11-8-14-5-6-17-11/h3-4,7,11,14H,5-6,8-9H2,1-2H3. The first-order chi connectivity index (χ1) is 8.83. The summed E-state index contributed by atoms with van der Waals surface area (Å²) in [4.78, 5) is 1.12. The molecule has 0 saturated carbocycles. The lowest BCUT2D eigenvalue weighted by Gasteiger charge is -2.23. The van der Waals surface area contributed by atoms with Crippen molar-refractivity contribution in [3.63, 3.8) is 0 Å². The molecule has 0 aliphatic carbocycles. The van der Waals surface area contributed by atoms with Crippen molar-refractivity contribution in [3.8, 4) is 11.5 Å². The Labute approximate surface area is 112 Å².